The molecule has 1 N–H and O–H groups in total. The van der Waals surface area contributed by atoms with E-state index in [1.165, 1.54) is 11.3 Å². The fourth-order valence-electron chi connectivity index (χ4n) is 3.51. The van der Waals surface area contributed by atoms with Crippen LogP contribution < -0.4 is 5.32 Å². The van der Waals surface area contributed by atoms with Gasteiger partial charge in [0.25, 0.3) is 5.91 Å². The second kappa shape index (κ2) is 13.2. The van der Waals surface area contributed by atoms with Gasteiger partial charge in [-0.2, -0.15) is 5.10 Å². The van der Waals surface area contributed by atoms with Crippen LogP contribution in [0, 0.1) is 0 Å². The number of hydrogen-bond donors (Lipinski definition) is 1. The molecule has 0 spiro atoms. The standard InChI is InChI=1S/C24H32N4O3S2.C2H6/c1-33(2,3)14-13-31-17-28-15-20(23(29)25-19-9-11-30-12-10-19)22(27-28)24-26-21(16-32-24)18-7-5-4-6-8-18;1-2/h4-8,15-16,19H,9-14,17H2,1-3H3,(H,25,29);1-2H3. The first-order valence-corrected chi connectivity index (χ1v) is 16.0. The summed E-state index contributed by atoms with van der Waals surface area (Å²) >= 11 is 1.50. The minimum Gasteiger partial charge on any atom is -0.381 e. The maximum Gasteiger partial charge on any atom is 0.255 e. The molecule has 1 saturated heterocycles. The predicted molar refractivity (Wildman–Crippen MR) is 148 cm³/mol. The Morgan fingerprint density at radius 2 is 1.91 bits per heavy atom. The molecule has 1 fully saturated rings. The molecule has 0 radical (unpaired) electrons. The van der Waals surface area contributed by atoms with E-state index in [2.05, 4.69) is 24.1 Å². The molecule has 3 aromatic rings. The normalized spacial score (nSPS) is 14.8. The third-order valence-electron chi connectivity index (χ3n) is 5.40. The van der Waals surface area contributed by atoms with E-state index in [1.54, 1.807) is 10.9 Å². The van der Waals surface area contributed by atoms with Gasteiger partial charge in [0.1, 0.15) is 17.4 Å². The SMILES string of the molecule is CC.CS(C)(C)CCOCn1cc(C(=O)NC2CCOCC2)c(-c2nc(-c3ccccc3)cs2)n1. The Morgan fingerprint density at radius 1 is 1.20 bits per heavy atom. The van der Waals surface area contributed by atoms with Crippen molar-refractivity contribution >= 4 is 27.3 Å². The van der Waals surface area contributed by atoms with Gasteiger partial charge in [-0.1, -0.05) is 44.2 Å². The lowest BCUT2D eigenvalue weighted by molar-refractivity contribution is 0.0695. The molecule has 0 unspecified atom stereocenters. The number of benzene rings is 1. The van der Waals surface area contributed by atoms with Crippen LogP contribution in [0.25, 0.3) is 22.0 Å². The molecule has 0 bridgehead atoms. The number of ether oxygens (including phenoxy) is 2. The molecule has 2 aromatic heterocycles. The van der Waals surface area contributed by atoms with Crippen molar-refractivity contribution in [2.24, 2.45) is 0 Å². The van der Waals surface area contributed by atoms with E-state index < -0.39 is 10.0 Å². The van der Waals surface area contributed by atoms with Gasteiger partial charge in [0, 0.05) is 42.1 Å². The average Bonchev–Trinajstić information content (AvgIpc) is 3.51. The van der Waals surface area contributed by atoms with E-state index in [0.29, 0.717) is 37.8 Å². The van der Waals surface area contributed by atoms with Gasteiger partial charge in [0.05, 0.1) is 17.9 Å². The van der Waals surface area contributed by atoms with Crippen LogP contribution >= 0.6 is 21.4 Å². The van der Waals surface area contributed by atoms with Gasteiger partial charge in [-0.05, 0) is 31.6 Å². The summed E-state index contributed by atoms with van der Waals surface area (Å²) in [6.07, 6.45) is 10.2. The number of thiazole rings is 1. The summed E-state index contributed by atoms with van der Waals surface area (Å²) < 4.78 is 13.0. The van der Waals surface area contributed by atoms with Crippen molar-refractivity contribution in [2.75, 3.05) is 44.3 Å². The van der Waals surface area contributed by atoms with E-state index in [-0.39, 0.29) is 11.9 Å². The Hall–Kier alpha value is -2.20. The lowest BCUT2D eigenvalue weighted by atomic mass is 10.1. The summed E-state index contributed by atoms with van der Waals surface area (Å²) in [6, 6.07) is 10.1. The maximum absolute atomic E-state index is 13.2. The lowest BCUT2D eigenvalue weighted by Gasteiger charge is -2.24. The summed E-state index contributed by atoms with van der Waals surface area (Å²) in [5.74, 6) is 0.907. The Kier molecular flexibility index (Phi) is 10.3. The van der Waals surface area contributed by atoms with Gasteiger partial charge in [-0.25, -0.2) is 19.7 Å². The Labute approximate surface area is 214 Å². The van der Waals surface area contributed by atoms with Crippen molar-refractivity contribution in [2.45, 2.75) is 39.5 Å². The Morgan fingerprint density at radius 3 is 2.60 bits per heavy atom. The molecular weight excluding hydrogens is 480 g/mol. The summed E-state index contributed by atoms with van der Waals surface area (Å²) in [7, 11) is -0.615. The number of carbonyl (C=O) groups is 1. The van der Waals surface area contributed by atoms with Crippen LogP contribution in [0.15, 0.2) is 41.9 Å². The van der Waals surface area contributed by atoms with Crippen LogP contribution in [0.5, 0.6) is 0 Å². The summed E-state index contributed by atoms with van der Waals surface area (Å²) in [5.41, 5.74) is 3.04. The summed E-state index contributed by atoms with van der Waals surface area (Å²) in [5, 5.41) is 10.6. The zero-order valence-electron chi connectivity index (χ0n) is 21.5. The molecule has 192 valence electrons. The predicted octanol–water partition coefficient (Wildman–Crippen LogP) is 5.28. The fourth-order valence-corrected chi connectivity index (χ4v) is 4.95. The number of aromatic nitrogens is 3. The number of hydrogen-bond acceptors (Lipinski definition) is 6. The molecule has 0 saturated carbocycles. The van der Waals surface area contributed by atoms with E-state index in [0.717, 1.165) is 34.9 Å². The van der Waals surface area contributed by atoms with E-state index in [4.69, 9.17) is 19.6 Å². The van der Waals surface area contributed by atoms with Gasteiger partial charge < -0.3 is 14.8 Å². The maximum atomic E-state index is 13.2. The zero-order chi connectivity index (χ0) is 25.3. The first-order chi connectivity index (χ1) is 16.9. The molecule has 1 amide bonds. The topological polar surface area (TPSA) is 78.3 Å². The molecular formula is C26H38N4O3S2. The number of amides is 1. The fraction of sp³-hybridized carbons (Fsp3) is 0.500. The molecule has 7 nitrogen and oxygen atoms in total. The molecule has 4 rings (SSSR count). The summed E-state index contributed by atoms with van der Waals surface area (Å²) in [4.78, 5) is 18.0. The number of rotatable bonds is 9. The minimum absolute atomic E-state index is 0.115. The van der Waals surface area contributed by atoms with Crippen LogP contribution in [-0.4, -0.2) is 71.1 Å². The van der Waals surface area contributed by atoms with E-state index >= 15 is 0 Å². The smallest absolute Gasteiger partial charge is 0.255 e. The van der Waals surface area contributed by atoms with Gasteiger partial charge >= 0.3 is 0 Å². The quantitative estimate of drug-likeness (QED) is 0.390. The van der Waals surface area contributed by atoms with Crippen molar-refractivity contribution in [1.29, 1.82) is 0 Å². The van der Waals surface area contributed by atoms with Gasteiger partial charge in [-0.15, -0.1) is 11.3 Å². The van der Waals surface area contributed by atoms with Crippen molar-refractivity contribution in [3.8, 4) is 22.0 Å². The molecule has 1 aliphatic rings. The molecule has 1 aromatic carbocycles. The number of carbonyl (C=O) groups excluding carboxylic acids is 1. The monoisotopic (exact) mass is 518 g/mol. The van der Waals surface area contributed by atoms with Crippen molar-refractivity contribution < 1.29 is 14.3 Å². The molecule has 3 heterocycles. The van der Waals surface area contributed by atoms with Crippen LogP contribution in [-0.2, 0) is 16.2 Å². The Balaban J connectivity index is 0.00000167. The van der Waals surface area contributed by atoms with Gasteiger partial charge in [0.2, 0.25) is 0 Å². The average molecular weight is 519 g/mol. The van der Waals surface area contributed by atoms with Crippen LogP contribution in [0.4, 0.5) is 0 Å². The molecule has 35 heavy (non-hydrogen) atoms. The molecule has 1 aliphatic heterocycles. The second-order valence-corrected chi connectivity index (χ2v) is 14.5. The highest BCUT2D eigenvalue weighted by atomic mass is 32.3. The summed E-state index contributed by atoms with van der Waals surface area (Å²) in [6.45, 7) is 6.33. The third-order valence-corrected chi connectivity index (χ3v) is 7.64. The van der Waals surface area contributed by atoms with Crippen molar-refractivity contribution in [3.05, 3.63) is 47.5 Å². The van der Waals surface area contributed by atoms with Gasteiger partial charge in [0.15, 0.2) is 0 Å². The largest absolute Gasteiger partial charge is 0.381 e. The lowest BCUT2D eigenvalue weighted by Crippen LogP contribution is -2.38. The van der Waals surface area contributed by atoms with Gasteiger partial charge in [-0.3, -0.25) is 4.79 Å². The number of nitrogens with zero attached hydrogens (tertiary/aromatic N) is 3. The first kappa shape index (κ1) is 27.4. The highest BCUT2D eigenvalue weighted by Gasteiger charge is 2.24. The first-order valence-electron chi connectivity index (χ1n) is 12.1. The second-order valence-electron chi connectivity index (χ2n) is 9.03. The van der Waals surface area contributed by atoms with Crippen LogP contribution in [0.2, 0.25) is 0 Å². The minimum atomic E-state index is -0.615. The highest BCUT2D eigenvalue weighted by Crippen LogP contribution is 2.34. The van der Waals surface area contributed by atoms with E-state index in [9.17, 15) is 4.79 Å². The number of nitrogens with one attached hydrogen (secondary N) is 1. The van der Waals surface area contributed by atoms with E-state index in [1.807, 2.05) is 49.6 Å². The van der Waals surface area contributed by atoms with Crippen LogP contribution in [0.1, 0.15) is 37.0 Å². The highest BCUT2D eigenvalue weighted by molar-refractivity contribution is 8.32. The zero-order valence-corrected chi connectivity index (χ0v) is 23.1. The van der Waals surface area contributed by atoms with Crippen LogP contribution in [0.3, 0.4) is 0 Å². The molecule has 9 heteroatoms. The molecule has 0 aliphatic carbocycles. The Bertz CT molecular complexity index is 1050. The van der Waals surface area contributed by atoms with Crippen molar-refractivity contribution in [3.63, 3.8) is 0 Å². The van der Waals surface area contributed by atoms with Crippen molar-refractivity contribution in [1.82, 2.24) is 20.1 Å². The third kappa shape index (κ3) is 8.17. The molecule has 0 atom stereocenters.